The fourth-order valence-corrected chi connectivity index (χ4v) is 1.84. The lowest BCUT2D eigenvalue weighted by molar-refractivity contribution is -0.136. The van der Waals surface area contributed by atoms with Crippen LogP contribution in [0.25, 0.3) is 10.9 Å². The summed E-state index contributed by atoms with van der Waals surface area (Å²) in [6.07, 6.45) is -3.98. The number of carboxylic acids is 1. The summed E-state index contributed by atoms with van der Waals surface area (Å²) < 4.78 is 38.9. The molecule has 0 saturated carbocycles. The quantitative estimate of drug-likeness (QED) is 0.850. The van der Waals surface area contributed by atoms with Gasteiger partial charge in [-0.3, -0.25) is 4.98 Å². The highest BCUT2D eigenvalue weighted by molar-refractivity contribution is 5.97. The second-order valence-electron chi connectivity index (χ2n) is 3.82. The van der Waals surface area contributed by atoms with Crippen molar-refractivity contribution < 1.29 is 23.1 Å². The molecule has 6 heteroatoms. The van der Waals surface area contributed by atoms with E-state index in [1.165, 1.54) is 12.1 Å². The highest BCUT2D eigenvalue weighted by Crippen LogP contribution is 2.37. The third-order valence-electron chi connectivity index (χ3n) is 2.61. The summed E-state index contributed by atoms with van der Waals surface area (Å²) in [7, 11) is 0. The number of aromatic nitrogens is 1. The minimum absolute atomic E-state index is 0.162. The average Bonchev–Trinajstić information content (AvgIpc) is 2.26. The number of aryl methyl sites for hydroxylation is 1. The van der Waals surface area contributed by atoms with E-state index in [1.807, 2.05) is 0 Å². The maximum absolute atomic E-state index is 13.0. The van der Waals surface area contributed by atoms with Crippen LogP contribution in [-0.4, -0.2) is 16.1 Å². The zero-order valence-electron chi connectivity index (χ0n) is 9.25. The maximum atomic E-state index is 13.0. The van der Waals surface area contributed by atoms with E-state index in [4.69, 9.17) is 5.11 Å². The van der Waals surface area contributed by atoms with Crippen molar-refractivity contribution in [2.75, 3.05) is 0 Å². The lowest BCUT2D eigenvalue weighted by atomic mass is 10.0. The van der Waals surface area contributed by atoms with Crippen LogP contribution in [0.3, 0.4) is 0 Å². The molecule has 0 amide bonds. The Kier molecular flexibility index (Phi) is 2.73. The van der Waals surface area contributed by atoms with Crippen molar-refractivity contribution in [1.29, 1.82) is 0 Å². The SMILES string of the molecule is Cc1cccc2c(C(F)(F)F)c(C(=O)O)cnc12. The summed E-state index contributed by atoms with van der Waals surface area (Å²) in [5.74, 6) is -1.64. The Morgan fingerprint density at radius 3 is 2.56 bits per heavy atom. The predicted octanol–water partition coefficient (Wildman–Crippen LogP) is 3.26. The van der Waals surface area contributed by atoms with Gasteiger partial charge in [-0.25, -0.2) is 4.79 Å². The van der Waals surface area contributed by atoms with Crippen molar-refractivity contribution in [3.05, 3.63) is 41.1 Å². The molecular weight excluding hydrogens is 247 g/mol. The molecular formula is C12H8F3NO2. The van der Waals surface area contributed by atoms with Gasteiger partial charge in [-0.2, -0.15) is 13.2 Å². The number of para-hydroxylation sites is 1. The number of carbonyl (C=O) groups is 1. The number of nitrogens with zero attached hydrogens (tertiary/aromatic N) is 1. The predicted molar refractivity (Wildman–Crippen MR) is 58.4 cm³/mol. The topological polar surface area (TPSA) is 50.2 Å². The molecule has 1 heterocycles. The van der Waals surface area contributed by atoms with Crippen LogP contribution in [0.5, 0.6) is 0 Å². The van der Waals surface area contributed by atoms with Crippen molar-refractivity contribution in [1.82, 2.24) is 4.98 Å². The summed E-state index contributed by atoms with van der Waals surface area (Å²) in [5.41, 5.74) is -1.26. The summed E-state index contributed by atoms with van der Waals surface area (Å²) >= 11 is 0. The maximum Gasteiger partial charge on any atom is 0.417 e. The van der Waals surface area contributed by atoms with Crippen LogP contribution in [0.1, 0.15) is 21.5 Å². The molecule has 2 aromatic rings. The largest absolute Gasteiger partial charge is 0.478 e. The van der Waals surface area contributed by atoms with Gasteiger partial charge in [0.2, 0.25) is 0 Å². The van der Waals surface area contributed by atoms with Crippen molar-refractivity contribution in [3.63, 3.8) is 0 Å². The van der Waals surface area contributed by atoms with Gasteiger partial charge in [0.1, 0.15) is 0 Å². The Morgan fingerprint density at radius 1 is 1.33 bits per heavy atom. The van der Waals surface area contributed by atoms with Gasteiger partial charge in [-0.1, -0.05) is 18.2 Å². The van der Waals surface area contributed by atoms with Crippen LogP contribution in [0.4, 0.5) is 13.2 Å². The van der Waals surface area contributed by atoms with Crippen molar-refractivity contribution in [2.24, 2.45) is 0 Å². The number of halogens is 3. The molecule has 0 aliphatic rings. The Morgan fingerprint density at radius 2 is 2.00 bits per heavy atom. The number of benzene rings is 1. The molecule has 1 N–H and O–H groups in total. The van der Waals surface area contributed by atoms with Crippen LogP contribution in [0.2, 0.25) is 0 Å². The molecule has 1 aromatic heterocycles. The molecule has 0 radical (unpaired) electrons. The van der Waals surface area contributed by atoms with E-state index in [1.54, 1.807) is 13.0 Å². The molecule has 0 aliphatic heterocycles. The van der Waals surface area contributed by atoms with Crippen molar-refractivity contribution in [3.8, 4) is 0 Å². The second kappa shape index (κ2) is 3.97. The smallest absolute Gasteiger partial charge is 0.417 e. The number of pyridine rings is 1. The molecule has 0 fully saturated rings. The fourth-order valence-electron chi connectivity index (χ4n) is 1.84. The molecule has 3 nitrogen and oxygen atoms in total. The highest BCUT2D eigenvalue weighted by Gasteiger charge is 2.37. The van der Waals surface area contributed by atoms with E-state index >= 15 is 0 Å². The molecule has 1 aromatic carbocycles. The minimum Gasteiger partial charge on any atom is -0.478 e. The molecule has 2 rings (SSSR count). The monoisotopic (exact) mass is 255 g/mol. The van der Waals surface area contributed by atoms with Crippen LogP contribution < -0.4 is 0 Å². The molecule has 0 unspecified atom stereocenters. The number of hydrogen-bond donors (Lipinski definition) is 1. The third kappa shape index (κ3) is 1.90. The normalized spacial score (nSPS) is 11.8. The molecule has 18 heavy (non-hydrogen) atoms. The number of rotatable bonds is 1. The number of hydrogen-bond acceptors (Lipinski definition) is 2. The number of carboxylic acid groups (broad SMARTS) is 1. The summed E-state index contributed by atoms with van der Waals surface area (Å²) in [6, 6.07) is 4.29. The van der Waals surface area contributed by atoms with E-state index in [2.05, 4.69) is 4.98 Å². The average molecular weight is 255 g/mol. The number of alkyl halides is 3. The Labute approximate surface area is 99.9 Å². The van der Waals surface area contributed by atoms with Gasteiger partial charge in [-0.05, 0) is 12.5 Å². The van der Waals surface area contributed by atoms with E-state index in [0.29, 0.717) is 5.56 Å². The molecule has 94 valence electrons. The van der Waals surface area contributed by atoms with E-state index in [0.717, 1.165) is 6.20 Å². The summed E-state index contributed by atoms with van der Waals surface area (Å²) in [5, 5.41) is 8.63. The Balaban J connectivity index is 2.95. The Hall–Kier alpha value is -2.11. The van der Waals surface area contributed by atoms with Gasteiger partial charge < -0.3 is 5.11 Å². The van der Waals surface area contributed by atoms with Crippen LogP contribution in [0.15, 0.2) is 24.4 Å². The first-order chi connectivity index (χ1) is 8.32. The number of fused-ring (bicyclic) bond motifs is 1. The second-order valence-corrected chi connectivity index (χ2v) is 3.82. The van der Waals surface area contributed by atoms with Crippen molar-refractivity contribution >= 4 is 16.9 Å². The molecule has 0 aliphatic carbocycles. The lowest BCUT2D eigenvalue weighted by Crippen LogP contribution is -2.14. The Bertz CT molecular complexity index is 635. The van der Waals surface area contributed by atoms with Gasteiger partial charge in [0.15, 0.2) is 0 Å². The molecule has 0 bridgehead atoms. The van der Waals surface area contributed by atoms with E-state index in [9.17, 15) is 18.0 Å². The first-order valence-electron chi connectivity index (χ1n) is 5.01. The zero-order valence-corrected chi connectivity index (χ0v) is 9.25. The molecule has 0 saturated heterocycles. The zero-order chi connectivity index (χ0) is 13.5. The number of aromatic carboxylic acids is 1. The standard InChI is InChI=1S/C12H8F3NO2/c1-6-3-2-4-7-9(12(13,14)15)8(11(17)18)5-16-10(6)7/h2-5H,1H3,(H,17,18). The summed E-state index contributed by atoms with van der Waals surface area (Å²) in [4.78, 5) is 14.7. The van der Waals surface area contributed by atoms with Gasteiger partial charge in [0.25, 0.3) is 0 Å². The van der Waals surface area contributed by atoms with Crippen LogP contribution in [-0.2, 0) is 6.18 Å². The van der Waals surface area contributed by atoms with Gasteiger partial charge in [0.05, 0.1) is 16.6 Å². The highest BCUT2D eigenvalue weighted by atomic mass is 19.4. The van der Waals surface area contributed by atoms with E-state index < -0.39 is 23.3 Å². The first kappa shape index (κ1) is 12.3. The molecule has 0 spiro atoms. The third-order valence-corrected chi connectivity index (χ3v) is 2.61. The summed E-state index contributed by atoms with van der Waals surface area (Å²) in [6.45, 7) is 1.62. The minimum atomic E-state index is -4.73. The lowest BCUT2D eigenvalue weighted by Gasteiger charge is -2.13. The fraction of sp³-hybridized carbons (Fsp3) is 0.167. The van der Waals surface area contributed by atoms with Gasteiger partial charge >= 0.3 is 12.1 Å². The van der Waals surface area contributed by atoms with Crippen LogP contribution >= 0.6 is 0 Å². The van der Waals surface area contributed by atoms with Crippen LogP contribution in [0, 0.1) is 6.92 Å². The molecule has 0 atom stereocenters. The van der Waals surface area contributed by atoms with E-state index in [-0.39, 0.29) is 10.9 Å². The first-order valence-corrected chi connectivity index (χ1v) is 5.01. The van der Waals surface area contributed by atoms with Crippen molar-refractivity contribution in [2.45, 2.75) is 13.1 Å². The van der Waals surface area contributed by atoms with Gasteiger partial charge in [-0.15, -0.1) is 0 Å². The van der Waals surface area contributed by atoms with Gasteiger partial charge in [0, 0.05) is 11.6 Å².